The summed E-state index contributed by atoms with van der Waals surface area (Å²) in [5, 5.41) is 3.79. The summed E-state index contributed by atoms with van der Waals surface area (Å²) in [5.41, 5.74) is 1.79. The highest BCUT2D eigenvalue weighted by Crippen LogP contribution is 2.35. The van der Waals surface area contributed by atoms with Crippen LogP contribution in [0.1, 0.15) is 47.1 Å². The van der Waals surface area contributed by atoms with E-state index in [1.165, 1.54) is 5.56 Å². The predicted molar refractivity (Wildman–Crippen MR) is 86.9 cm³/mol. The molecule has 0 radical (unpaired) electrons. The Morgan fingerprint density at radius 1 is 1.20 bits per heavy atom. The second-order valence-electron chi connectivity index (χ2n) is 7.69. The maximum absolute atomic E-state index is 3.79. The molecule has 2 atom stereocenters. The first-order chi connectivity index (χ1) is 9.25. The van der Waals surface area contributed by atoms with Gasteiger partial charge in [-0.25, -0.2) is 0 Å². The first kappa shape index (κ1) is 15.5. The van der Waals surface area contributed by atoms with Gasteiger partial charge in [0.25, 0.3) is 0 Å². The predicted octanol–water partition coefficient (Wildman–Crippen LogP) is 3.63. The molecule has 1 saturated heterocycles. The van der Waals surface area contributed by atoms with Crippen LogP contribution < -0.4 is 5.32 Å². The number of rotatable bonds is 2. The average molecular weight is 274 g/mol. The van der Waals surface area contributed by atoms with Crippen LogP contribution in [-0.2, 0) is 5.54 Å². The van der Waals surface area contributed by atoms with Crippen molar-refractivity contribution in [2.24, 2.45) is 5.41 Å². The van der Waals surface area contributed by atoms with Crippen LogP contribution in [0.15, 0.2) is 30.3 Å². The van der Waals surface area contributed by atoms with Crippen molar-refractivity contribution < 1.29 is 0 Å². The van der Waals surface area contributed by atoms with Crippen molar-refractivity contribution in [1.29, 1.82) is 0 Å². The Morgan fingerprint density at radius 2 is 1.80 bits per heavy atom. The van der Waals surface area contributed by atoms with Crippen LogP contribution in [0.4, 0.5) is 0 Å². The summed E-state index contributed by atoms with van der Waals surface area (Å²) < 4.78 is 0. The standard InChI is InChI=1S/C18H30N2/c1-14(2)20-12-16(17(3,4)5)19-13-18(20,6)15-10-8-7-9-11-15/h7-11,14,16,19H,12-13H2,1-6H3. The summed E-state index contributed by atoms with van der Waals surface area (Å²) >= 11 is 0. The Hall–Kier alpha value is -0.860. The summed E-state index contributed by atoms with van der Waals surface area (Å²) in [7, 11) is 0. The lowest BCUT2D eigenvalue weighted by Gasteiger charge is -2.53. The molecule has 20 heavy (non-hydrogen) atoms. The third-order valence-corrected chi connectivity index (χ3v) is 4.77. The van der Waals surface area contributed by atoms with Gasteiger partial charge in [0.15, 0.2) is 0 Å². The molecule has 1 fully saturated rings. The minimum atomic E-state index is 0.0805. The van der Waals surface area contributed by atoms with Crippen molar-refractivity contribution in [3.05, 3.63) is 35.9 Å². The van der Waals surface area contributed by atoms with E-state index in [0.29, 0.717) is 17.5 Å². The van der Waals surface area contributed by atoms with Crippen LogP contribution >= 0.6 is 0 Å². The fourth-order valence-corrected chi connectivity index (χ4v) is 3.31. The van der Waals surface area contributed by atoms with Gasteiger partial charge >= 0.3 is 0 Å². The van der Waals surface area contributed by atoms with Crippen LogP contribution in [0.3, 0.4) is 0 Å². The number of benzene rings is 1. The normalized spacial score (nSPS) is 28.9. The van der Waals surface area contributed by atoms with Gasteiger partial charge in [-0.2, -0.15) is 0 Å². The Kier molecular flexibility index (Phi) is 4.27. The van der Waals surface area contributed by atoms with E-state index in [1.54, 1.807) is 0 Å². The SMILES string of the molecule is CC(C)N1CC(C(C)(C)C)NCC1(C)c1ccccc1. The van der Waals surface area contributed by atoms with Crippen molar-refractivity contribution in [1.82, 2.24) is 10.2 Å². The summed E-state index contributed by atoms with van der Waals surface area (Å²) in [4.78, 5) is 2.66. The zero-order chi connectivity index (χ0) is 15.0. The minimum absolute atomic E-state index is 0.0805. The molecule has 0 saturated carbocycles. The molecule has 112 valence electrons. The molecule has 0 amide bonds. The topological polar surface area (TPSA) is 15.3 Å². The molecule has 1 N–H and O–H groups in total. The number of nitrogens with one attached hydrogen (secondary N) is 1. The van der Waals surface area contributed by atoms with E-state index in [4.69, 9.17) is 0 Å². The van der Waals surface area contributed by atoms with E-state index in [2.05, 4.69) is 82.1 Å². The molecule has 2 nitrogen and oxygen atoms in total. The number of hydrogen-bond acceptors (Lipinski definition) is 2. The second kappa shape index (κ2) is 5.50. The smallest absolute Gasteiger partial charge is 0.0560 e. The fourth-order valence-electron chi connectivity index (χ4n) is 3.31. The van der Waals surface area contributed by atoms with Crippen LogP contribution in [0.25, 0.3) is 0 Å². The van der Waals surface area contributed by atoms with Gasteiger partial charge in [0, 0.05) is 25.2 Å². The van der Waals surface area contributed by atoms with Crippen LogP contribution in [-0.4, -0.2) is 30.1 Å². The van der Waals surface area contributed by atoms with E-state index >= 15 is 0 Å². The van der Waals surface area contributed by atoms with Gasteiger partial charge in [-0.05, 0) is 31.7 Å². The van der Waals surface area contributed by atoms with E-state index in [9.17, 15) is 0 Å². The lowest BCUT2D eigenvalue weighted by Crippen LogP contribution is -2.65. The van der Waals surface area contributed by atoms with E-state index in [-0.39, 0.29) is 5.54 Å². The van der Waals surface area contributed by atoms with Gasteiger partial charge < -0.3 is 5.32 Å². The van der Waals surface area contributed by atoms with Crippen LogP contribution in [0.2, 0.25) is 0 Å². The summed E-state index contributed by atoms with van der Waals surface area (Å²) in [6.07, 6.45) is 0. The molecule has 1 aromatic carbocycles. The number of nitrogens with zero attached hydrogens (tertiary/aromatic N) is 1. The van der Waals surface area contributed by atoms with Gasteiger partial charge in [0.2, 0.25) is 0 Å². The highest BCUT2D eigenvalue weighted by atomic mass is 15.3. The maximum atomic E-state index is 3.79. The lowest BCUT2D eigenvalue weighted by molar-refractivity contribution is -0.00125. The van der Waals surface area contributed by atoms with Crippen molar-refractivity contribution >= 4 is 0 Å². The molecule has 2 heteroatoms. The maximum Gasteiger partial charge on any atom is 0.0560 e. The number of piperazine rings is 1. The Labute approximate surface area is 124 Å². The fraction of sp³-hybridized carbons (Fsp3) is 0.667. The lowest BCUT2D eigenvalue weighted by atomic mass is 9.79. The molecular formula is C18H30N2. The quantitative estimate of drug-likeness (QED) is 0.886. The molecule has 1 aromatic rings. The average Bonchev–Trinajstić information content (AvgIpc) is 2.38. The largest absolute Gasteiger partial charge is 0.310 e. The zero-order valence-corrected chi connectivity index (χ0v) is 13.9. The van der Waals surface area contributed by atoms with Gasteiger partial charge in [-0.15, -0.1) is 0 Å². The first-order valence-electron chi connectivity index (χ1n) is 7.81. The molecule has 0 spiro atoms. The van der Waals surface area contributed by atoms with Gasteiger partial charge in [0.05, 0.1) is 5.54 Å². The molecule has 0 bridgehead atoms. The highest BCUT2D eigenvalue weighted by molar-refractivity contribution is 5.26. The summed E-state index contributed by atoms with van der Waals surface area (Å²) in [6, 6.07) is 12.0. The molecular weight excluding hydrogens is 244 g/mol. The van der Waals surface area contributed by atoms with Crippen LogP contribution in [0, 0.1) is 5.41 Å². The van der Waals surface area contributed by atoms with Gasteiger partial charge in [-0.3, -0.25) is 4.90 Å². The molecule has 0 aromatic heterocycles. The molecule has 2 rings (SSSR count). The van der Waals surface area contributed by atoms with Gasteiger partial charge in [0.1, 0.15) is 0 Å². The van der Waals surface area contributed by atoms with E-state index in [0.717, 1.165) is 13.1 Å². The van der Waals surface area contributed by atoms with Crippen LogP contribution in [0.5, 0.6) is 0 Å². The molecule has 1 heterocycles. The van der Waals surface area contributed by atoms with E-state index < -0.39 is 0 Å². The van der Waals surface area contributed by atoms with Crippen molar-refractivity contribution in [3.63, 3.8) is 0 Å². The molecule has 2 unspecified atom stereocenters. The van der Waals surface area contributed by atoms with E-state index in [1.807, 2.05) is 0 Å². The summed E-state index contributed by atoms with van der Waals surface area (Å²) in [6.45, 7) is 16.1. The third kappa shape index (κ3) is 2.91. The second-order valence-corrected chi connectivity index (χ2v) is 7.69. The van der Waals surface area contributed by atoms with Crippen molar-refractivity contribution in [2.45, 2.75) is 59.2 Å². The first-order valence-corrected chi connectivity index (χ1v) is 7.81. The van der Waals surface area contributed by atoms with Crippen molar-refractivity contribution in [3.8, 4) is 0 Å². The highest BCUT2D eigenvalue weighted by Gasteiger charge is 2.42. The monoisotopic (exact) mass is 274 g/mol. The zero-order valence-electron chi connectivity index (χ0n) is 13.9. The molecule has 1 aliphatic heterocycles. The Balaban J connectivity index is 2.31. The summed E-state index contributed by atoms with van der Waals surface area (Å²) in [5.74, 6) is 0. The Bertz CT molecular complexity index is 432. The van der Waals surface area contributed by atoms with Gasteiger partial charge in [-0.1, -0.05) is 51.1 Å². The third-order valence-electron chi connectivity index (χ3n) is 4.77. The van der Waals surface area contributed by atoms with Crippen molar-refractivity contribution in [2.75, 3.05) is 13.1 Å². The minimum Gasteiger partial charge on any atom is -0.310 e. The molecule has 0 aliphatic carbocycles. The Morgan fingerprint density at radius 3 is 2.30 bits per heavy atom. The molecule has 1 aliphatic rings. The number of hydrogen-bond donors (Lipinski definition) is 1.